The number of nitrogens with one attached hydrogen (secondary N) is 4. The normalized spacial score (nSPS) is 21.2. The van der Waals surface area contributed by atoms with Crippen molar-refractivity contribution in [2.24, 2.45) is 17.8 Å². The molecule has 25 heteroatoms. The summed E-state index contributed by atoms with van der Waals surface area (Å²) in [5.41, 5.74) is 1.64. The van der Waals surface area contributed by atoms with Gasteiger partial charge in [-0.05, 0) is 134 Å². The molecule has 492 valence electrons. The van der Waals surface area contributed by atoms with Crippen molar-refractivity contribution in [3.8, 4) is 51.4 Å². The number of aliphatic hydroxyl groups is 2. The summed E-state index contributed by atoms with van der Waals surface area (Å²) in [6.45, 7) is 11.1. The van der Waals surface area contributed by atoms with Crippen LogP contribution in [0.2, 0.25) is 10.0 Å². The zero-order chi connectivity index (χ0) is 67.2. The topological polar surface area (TPSA) is 296 Å². The summed E-state index contributed by atoms with van der Waals surface area (Å²) in [7, 11) is 6.71. The van der Waals surface area contributed by atoms with Crippen LogP contribution in [0.3, 0.4) is 0 Å². The molecule has 11 bridgehead atoms. The number of halogens is 2. The number of nitrogens with zero attached hydrogens (tertiary/aromatic N) is 2. The molecule has 0 saturated heterocycles. The minimum absolute atomic E-state index is 0.00545. The summed E-state index contributed by atoms with van der Waals surface area (Å²) in [5.74, 6) is -7.25. The highest BCUT2D eigenvalue weighted by atomic mass is 35.5. The molecule has 10 rings (SSSR count). The van der Waals surface area contributed by atoms with Crippen LogP contribution in [-0.2, 0) is 38.2 Å². The molecule has 23 nitrogen and oxygen atoms in total. The van der Waals surface area contributed by atoms with Gasteiger partial charge in [0.2, 0.25) is 29.9 Å². The van der Waals surface area contributed by atoms with Crippen molar-refractivity contribution in [2.75, 3.05) is 48.6 Å². The number of hydrogen-bond donors (Lipinski definition) is 6. The molecule has 5 aliphatic heterocycles. The largest absolute Gasteiger partial charge is 0.496 e. The van der Waals surface area contributed by atoms with E-state index >= 15 is 24.0 Å². The second-order valence-corrected chi connectivity index (χ2v) is 25.2. The first kappa shape index (κ1) is 69.3. The Balaban J connectivity index is 1.39. The number of methoxy groups -OCH3 is 4. The summed E-state index contributed by atoms with van der Waals surface area (Å²) in [6.07, 6.45) is -6.37. The number of benzene rings is 5. The highest BCUT2D eigenvalue weighted by Gasteiger charge is 2.43. The van der Waals surface area contributed by atoms with Crippen LogP contribution in [0.15, 0.2) is 78.9 Å². The van der Waals surface area contributed by atoms with Crippen molar-refractivity contribution < 1.29 is 81.7 Å². The van der Waals surface area contributed by atoms with Crippen LogP contribution in [0.5, 0.6) is 40.2 Å². The molecular weight excluding hydrogens is 1230 g/mol. The van der Waals surface area contributed by atoms with Gasteiger partial charge in [0.15, 0.2) is 23.1 Å². The lowest BCUT2D eigenvalue weighted by atomic mass is 9.83. The number of aliphatic hydroxyl groups excluding tert-OH is 2. The standard InChI is InChI=1S/C67H78Cl2N6O17/c1-13-45-40-21-34(4)22-53(87-10)56(40)41-23-35(14-17-50(41)86-9)58-49(78)29-42(63(82)71-45)59(79)36-15-18-51(43(68)24-36)90-54-27-38-28-55(61(54)88-11)91-52-19-16-37(25-44(52)69)60(80)57(73-64(83)47(20-33(2)3)74(8)65(84)92-67(5,6)7)48(77)26-39(30-70-32-76)62(81)72-46(38)31-75(58)66(85)89-12/h14-19,21-25,27-28,32-33,39,42,45-47,57-60,79-80H,13,20,26,29-31H2,1-12H3,(H,70,76)(H,71,82)(H,72,81)(H,73,83)/t39-,42-,45+,46-,47+,57-,58-,59+,60+/m0/s1. The number of aryl methyl sites for hydroxylation is 1. The smallest absolute Gasteiger partial charge is 0.410 e. The van der Waals surface area contributed by atoms with E-state index in [0.29, 0.717) is 41.0 Å². The van der Waals surface area contributed by atoms with Crippen molar-refractivity contribution in [2.45, 2.75) is 122 Å². The molecule has 92 heavy (non-hydrogen) atoms. The second kappa shape index (κ2) is 29.3. The Morgan fingerprint density at radius 1 is 0.772 bits per heavy atom. The molecule has 0 saturated carbocycles. The van der Waals surface area contributed by atoms with E-state index in [2.05, 4.69) is 21.3 Å². The monoisotopic (exact) mass is 1310 g/mol. The lowest BCUT2D eigenvalue weighted by Gasteiger charge is -2.36. The Morgan fingerprint density at radius 3 is 1.95 bits per heavy atom. The van der Waals surface area contributed by atoms with Gasteiger partial charge < -0.3 is 64.6 Å². The molecule has 6 amide bonds. The number of ether oxygens (including phenoxy) is 7. The summed E-state index contributed by atoms with van der Waals surface area (Å²) < 4.78 is 42.4. The fourth-order valence-electron chi connectivity index (χ4n) is 11.7. The number of fused-ring (bicyclic) bond motifs is 15. The summed E-state index contributed by atoms with van der Waals surface area (Å²) in [6, 6.07) is 12.7. The lowest BCUT2D eigenvalue weighted by molar-refractivity contribution is -0.136. The van der Waals surface area contributed by atoms with E-state index in [0.717, 1.165) is 22.5 Å². The Bertz CT molecular complexity index is 3650. The van der Waals surface area contributed by atoms with Crippen molar-refractivity contribution in [1.82, 2.24) is 31.1 Å². The van der Waals surface area contributed by atoms with Gasteiger partial charge in [-0.25, -0.2) is 9.59 Å². The number of likely N-dealkylation sites (N-methyl/N-ethyl adjacent to an activating group) is 1. The third-order valence-corrected chi connectivity index (χ3v) is 16.9. The predicted molar refractivity (Wildman–Crippen MR) is 339 cm³/mol. The third kappa shape index (κ3) is 15.3. The van der Waals surface area contributed by atoms with Crippen LogP contribution >= 0.6 is 23.2 Å². The van der Waals surface area contributed by atoms with Gasteiger partial charge in [0.25, 0.3) is 0 Å². The van der Waals surface area contributed by atoms with Gasteiger partial charge in [0.1, 0.15) is 52.8 Å². The number of ketones is 2. The first-order valence-corrected chi connectivity index (χ1v) is 30.7. The van der Waals surface area contributed by atoms with Crippen molar-refractivity contribution in [3.05, 3.63) is 122 Å². The second-order valence-electron chi connectivity index (χ2n) is 24.4. The minimum atomic E-state index is -1.89. The van der Waals surface area contributed by atoms with E-state index in [1.807, 2.05) is 33.8 Å². The molecule has 5 aliphatic rings. The van der Waals surface area contributed by atoms with E-state index < -0.39 is 127 Å². The molecule has 5 aromatic rings. The number of amides is 6. The predicted octanol–water partition coefficient (Wildman–Crippen LogP) is 9.88. The fourth-order valence-corrected chi connectivity index (χ4v) is 12.2. The van der Waals surface area contributed by atoms with Crippen LogP contribution < -0.4 is 45.0 Å². The third-order valence-electron chi connectivity index (χ3n) is 16.3. The van der Waals surface area contributed by atoms with Gasteiger partial charge >= 0.3 is 12.2 Å². The van der Waals surface area contributed by atoms with Crippen molar-refractivity contribution in [1.29, 1.82) is 0 Å². The molecule has 0 radical (unpaired) electrons. The summed E-state index contributed by atoms with van der Waals surface area (Å²) in [4.78, 5) is 119. The molecule has 5 aromatic carbocycles. The van der Waals surface area contributed by atoms with Crippen LogP contribution in [0.4, 0.5) is 9.59 Å². The van der Waals surface area contributed by atoms with E-state index in [9.17, 15) is 24.6 Å². The molecule has 0 aliphatic carbocycles. The molecule has 0 fully saturated rings. The maximum atomic E-state index is 16.0. The fraction of sp³-hybridized carbons (Fsp3) is 0.433. The summed E-state index contributed by atoms with van der Waals surface area (Å²) >= 11 is 14.1. The van der Waals surface area contributed by atoms with Crippen molar-refractivity contribution >= 4 is 71.1 Å². The number of carbonyl (C=O) groups is 8. The highest BCUT2D eigenvalue weighted by molar-refractivity contribution is 6.32. The lowest BCUT2D eigenvalue weighted by Crippen LogP contribution is -2.55. The van der Waals surface area contributed by atoms with E-state index in [1.54, 1.807) is 45.0 Å². The van der Waals surface area contributed by atoms with Gasteiger partial charge in [-0.3, -0.25) is 38.6 Å². The zero-order valence-corrected chi connectivity index (χ0v) is 54.8. The molecule has 0 spiro atoms. The number of rotatable bonds is 12. The molecule has 9 atom stereocenters. The maximum Gasteiger partial charge on any atom is 0.410 e. The maximum absolute atomic E-state index is 16.0. The number of hydrogen-bond acceptors (Lipinski definition) is 17. The molecule has 5 heterocycles. The van der Waals surface area contributed by atoms with Crippen LogP contribution in [-0.4, -0.2) is 134 Å². The average molecular weight is 1310 g/mol. The van der Waals surface area contributed by atoms with Gasteiger partial charge in [0, 0.05) is 44.1 Å². The van der Waals surface area contributed by atoms with E-state index in [1.165, 1.54) is 76.9 Å². The van der Waals surface area contributed by atoms with Gasteiger partial charge in [-0.15, -0.1) is 0 Å². The quantitative estimate of drug-likeness (QED) is 0.0633. The highest BCUT2D eigenvalue weighted by Crippen LogP contribution is 2.49. The Kier molecular flexibility index (Phi) is 22.1. The van der Waals surface area contributed by atoms with Gasteiger partial charge in [-0.2, -0.15) is 0 Å². The van der Waals surface area contributed by atoms with Gasteiger partial charge in [0.05, 0.1) is 68.5 Å². The molecule has 6 N–H and O–H groups in total. The number of Topliss-reactive ketones (excluding diaryl/α,β-unsaturated/α-hetero) is 2. The Hall–Kier alpha value is -8.64. The summed E-state index contributed by atoms with van der Waals surface area (Å²) in [5, 5.41) is 35.9. The first-order valence-electron chi connectivity index (χ1n) is 30.0. The van der Waals surface area contributed by atoms with Crippen LogP contribution in [0.25, 0.3) is 11.1 Å². The minimum Gasteiger partial charge on any atom is -0.496 e. The molecular formula is C67H78Cl2N6O17. The molecule has 0 unspecified atom stereocenters. The van der Waals surface area contributed by atoms with Crippen LogP contribution in [0.1, 0.15) is 131 Å². The van der Waals surface area contributed by atoms with E-state index in [-0.39, 0.29) is 73.4 Å². The first-order chi connectivity index (χ1) is 43.6. The Labute approximate surface area is 543 Å². The SMILES string of the molecule is CC[C@H]1NC(=O)[C@H]2CC(=O)[C@H](c3ccc(OC)c(c3)-c3c(OC)cc(C)cc31)N(C(=O)OC)C[C@@H]1NC(=O)[C@H](CNC=O)CC(=O)[C@H](NC(=O)[C@@H](CC(C)C)N(C)C(=O)OC(C)(C)C)[C@H](O)c3ccc(c(Cl)c3)Oc3cc1cc(c3OC)Oc1ccc(cc1Cl)[C@H]2O. The Morgan fingerprint density at radius 2 is 1.39 bits per heavy atom. The van der Waals surface area contributed by atoms with E-state index in [4.69, 9.17) is 56.4 Å². The van der Waals surface area contributed by atoms with Crippen molar-refractivity contribution in [3.63, 3.8) is 0 Å². The zero-order valence-electron chi connectivity index (χ0n) is 53.3. The molecule has 0 aromatic heterocycles. The number of carbonyl (C=O) groups excluding carboxylic acids is 8. The van der Waals surface area contributed by atoms with Crippen LogP contribution in [0, 0.1) is 24.7 Å². The average Bonchev–Trinajstić information content (AvgIpc) is 0.770. The van der Waals surface area contributed by atoms with Gasteiger partial charge in [-0.1, -0.05) is 68.2 Å².